The molecule has 0 bridgehead atoms. The zero-order chi connectivity index (χ0) is 18.0. The summed E-state index contributed by atoms with van der Waals surface area (Å²) in [5, 5.41) is 4.62. The largest absolute Gasteiger partial charge is 0.369 e. The van der Waals surface area contributed by atoms with Crippen molar-refractivity contribution in [3.8, 4) is 5.69 Å². The third kappa shape index (κ3) is 3.57. The second kappa shape index (κ2) is 7.09. The highest BCUT2D eigenvalue weighted by molar-refractivity contribution is 5.81. The molecule has 1 fully saturated rings. The number of hydrogen-bond acceptors (Lipinski definition) is 3. The van der Waals surface area contributed by atoms with Crippen LogP contribution in [-0.4, -0.2) is 39.6 Å². The fourth-order valence-corrected chi connectivity index (χ4v) is 3.47. The van der Waals surface area contributed by atoms with Gasteiger partial charge in [0.15, 0.2) is 0 Å². The van der Waals surface area contributed by atoms with E-state index in [1.807, 2.05) is 48.9 Å². The van der Waals surface area contributed by atoms with Gasteiger partial charge < -0.3 is 10.6 Å². The van der Waals surface area contributed by atoms with E-state index in [0.717, 1.165) is 22.6 Å². The van der Waals surface area contributed by atoms with Crippen molar-refractivity contribution in [2.75, 3.05) is 13.1 Å². The number of carbonyl (C=O) groups is 2. The normalized spacial score (nSPS) is 17.0. The lowest BCUT2D eigenvalue weighted by atomic mass is 10.1. The van der Waals surface area contributed by atoms with Gasteiger partial charge in [0.1, 0.15) is 0 Å². The Balaban J connectivity index is 1.67. The Bertz CT molecular complexity index is 782. The standard InChI is InChI=1S/C19H24N4O2/c1-13-17(14(2)23(21-13)16-6-4-3-5-7-16)8-9-18(24)22-11-10-15(12-22)19(20)25/h3-7,15H,8-12H2,1-2H3,(H2,20,25)/t15-/m1/s1. The smallest absolute Gasteiger partial charge is 0.222 e. The molecular formula is C19H24N4O2. The maximum absolute atomic E-state index is 12.4. The third-order valence-corrected chi connectivity index (χ3v) is 4.97. The van der Waals surface area contributed by atoms with Gasteiger partial charge in [-0.2, -0.15) is 5.10 Å². The van der Waals surface area contributed by atoms with Gasteiger partial charge in [-0.3, -0.25) is 9.59 Å². The average Bonchev–Trinajstić information content (AvgIpc) is 3.20. The number of para-hydroxylation sites is 1. The SMILES string of the molecule is Cc1nn(-c2ccccc2)c(C)c1CCC(=O)N1CC[C@@H](C(N)=O)C1. The van der Waals surface area contributed by atoms with Gasteiger partial charge in [0.05, 0.1) is 17.3 Å². The van der Waals surface area contributed by atoms with Gasteiger partial charge in [0.2, 0.25) is 11.8 Å². The molecule has 6 heteroatoms. The highest BCUT2D eigenvalue weighted by Gasteiger charge is 2.29. The van der Waals surface area contributed by atoms with Crippen molar-refractivity contribution in [2.24, 2.45) is 11.7 Å². The Morgan fingerprint density at radius 2 is 1.96 bits per heavy atom. The van der Waals surface area contributed by atoms with Crippen molar-refractivity contribution in [2.45, 2.75) is 33.1 Å². The molecule has 0 spiro atoms. The Hall–Kier alpha value is -2.63. The Labute approximate surface area is 147 Å². The van der Waals surface area contributed by atoms with E-state index in [0.29, 0.717) is 32.4 Å². The first kappa shape index (κ1) is 17.2. The van der Waals surface area contributed by atoms with Crippen molar-refractivity contribution < 1.29 is 9.59 Å². The number of amides is 2. The van der Waals surface area contributed by atoms with Gasteiger partial charge in [-0.25, -0.2) is 4.68 Å². The summed E-state index contributed by atoms with van der Waals surface area (Å²) in [6.07, 6.45) is 1.75. The molecule has 25 heavy (non-hydrogen) atoms. The number of carbonyl (C=O) groups excluding carboxylic acids is 2. The zero-order valence-corrected chi connectivity index (χ0v) is 14.7. The van der Waals surface area contributed by atoms with Crippen LogP contribution < -0.4 is 5.73 Å². The molecule has 2 heterocycles. The summed E-state index contributed by atoms with van der Waals surface area (Å²) in [6.45, 7) is 5.08. The quantitative estimate of drug-likeness (QED) is 0.900. The van der Waals surface area contributed by atoms with E-state index in [1.165, 1.54) is 0 Å². The number of benzene rings is 1. The van der Waals surface area contributed by atoms with Crippen LogP contribution in [-0.2, 0) is 16.0 Å². The van der Waals surface area contributed by atoms with Gasteiger partial charge >= 0.3 is 0 Å². The summed E-state index contributed by atoms with van der Waals surface area (Å²) in [5.41, 5.74) is 9.48. The fraction of sp³-hybridized carbons (Fsp3) is 0.421. The molecule has 1 aliphatic rings. The summed E-state index contributed by atoms with van der Waals surface area (Å²) in [6, 6.07) is 9.98. The lowest BCUT2D eigenvalue weighted by molar-refractivity contribution is -0.130. The molecule has 2 N–H and O–H groups in total. The zero-order valence-electron chi connectivity index (χ0n) is 14.7. The Morgan fingerprint density at radius 1 is 1.24 bits per heavy atom. The van der Waals surface area contributed by atoms with Crippen molar-refractivity contribution in [3.63, 3.8) is 0 Å². The van der Waals surface area contributed by atoms with Crippen molar-refractivity contribution >= 4 is 11.8 Å². The second-order valence-corrected chi connectivity index (χ2v) is 6.62. The molecule has 6 nitrogen and oxygen atoms in total. The van der Waals surface area contributed by atoms with E-state index in [4.69, 9.17) is 5.73 Å². The van der Waals surface area contributed by atoms with E-state index >= 15 is 0 Å². The van der Waals surface area contributed by atoms with Crippen molar-refractivity contribution in [1.29, 1.82) is 0 Å². The summed E-state index contributed by atoms with van der Waals surface area (Å²) in [7, 11) is 0. The molecule has 2 amide bonds. The molecule has 1 aromatic heterocycles. The Morgan fingerprint density at radius 3 is 2.60 bits per heavy atom. The summed E-state index contributed by atoms with van der Waals surface area (Å²) in [4.78, 5) is 25.4. The summed E-state index contributed by atoms with van der Waals surface area (Å²) >= 11 is 0. The van der Waals surface area contributed by atoms with Gasteiger partial charge in [-0.15, -0.1) is 0 Å². The van der Waals surface area contributed by atoms with E-state index < -0.39 is 0 Å². The molecular weight excluding hydrogens is 316 g/mol. The van der Waals surface area contributed by atoms with Gasteiger partial charge in [-0.05, 0) is 44.4 Å². The van der Waals surface area contributed by atoms with Crippen LogP contribution in [0, 0.1) is 19.8 Å². The lowest BCUT2D eigenvalue weighted by Gasteiger charge is -2.16. The molecule has 0 unspecified atom stereocenters. The highest BCUT2D eigenvalue weighted by Crippen LogP contribution is 2.21. The molecule has 132 valence electrons. The number of rotatable bonds is 5. The maximum Gasteiger partial charge on any atom is 0.222 e. The number of hydrogen-bond donors (Lipinski definition) is 1. The maximum atomic E-state index is 12.4. The summed E-state index contributed by atoms with van der Waals surface area (Å²) < 4.78 is 1.92. The molecule has 0 saturated carbocycles. The van der Waals surface area contributed by atoms with E-state index in [2.05, 4.69) is 5.10 Å². The number of aromatic nitrogens is 2. The van der Waals surface area contributed by atoms with Crippen LogP contribution in [0.5, 0.6) is 0 Å². The van der Waals surface area contributed by atoms with Crippen LogP contribution in [0.1, 0.15) is 29.8 Å². The first-order chi connectivity index (χ1) is 12.0. The molecule has 1 saturated heterocycles. The number of nitrogens with two attached hydrogens (primary N) is 1. The van der Waals surface area contributed by atoms with Gasteiger partial charge in [0.25, 0.3) is 0 Å². The van der Waals surface area contributed by atoms with E-state index in [1.54, 1.807) is 4.90 Å². The highest BCUT2D eigenvalue weighted by atomic mass is 16.2. The lowest BCUT2D eigenvalue weighted by Crippen LogP contribution is -2.31. The molecule has 1 aromatic carbocycles. The minimum Gasteiger partial charge on any atom is -0.369 e. The molecule has 0 aliphatic carbocycles. The second-order valence-electron chi connectivity index (χ2n) is 6.62. The van der Waals surface area contributed by atoms with Crippen LogP contribution >= 0.6 is 0 Å². The number of nitrogens with zero attached hydrogens (tertiary/aromatic N) is 3. The van der Waals surface area contributed by atoms with Crippen LogP contribution in [0.2, 0.25) is 0 Å². The molecule has 2 aromatic rings. The average molecular weight is 340 g/mol. The van der Waals surface area contributed by atoms with Gasteiger partial charge in [-0.1, -0.05) is 18.2 Å². The molecule has 1 atom stereocenters. The monoisotopic (exact) mass is 340 g/mol. The van der Waals surface area contributed by atoms with Gasteiger partial charge in [0, 0.05) is 25.2 Å². The van der Waals surface area contributed by atoms with Crippen LogP contribution in [0.15, 0.2) is 30.3 Å². The molecule has 3 rings (SSSR count). The predicted octanol–water partition coefficient (Wildman–Crippen LogP) is 1.76. The molecule has 0 radical (unpaired) electrons. The van der Waals surface area contributed by atoms with Crippen molar-refractivity contribution in [1.82, 2.24) is 14.7 Å². The fourth-order valence-electron chi connectivity index (χ4n) is 3.47. The third-order valence-electron chi connectivity index (χ3n) is 4.97. The van der Waals surface area contributed by atoms with Crippen LogP contribution in [0.4, 0.5) is 0 Å². The first-order valence-electron chi connectivity index (χ1n) is 8.65. The van der Waals surface area contributed by atoms with E-state index in [-0.39, 0.29) is 17.7 Å². The van der Waals surface area contributed by atoms with Crippen LogP contribution in [0.25, 0.3) is 5.69 Å². The minimum atomic E-state index is -0.314. The summed E-state index contributed by atoms with van der Waals surface area (Å²) in [5.74, 6) is -0.436. The predicted molar refractivity (Wildman–Crippen MR) is 95.2 cm³/mol. The van der Waals surface area contributed by atoms with Crippen molar-refractivity contribution in [3.05, 3.63) is 47.3 Å². The molecule has 1 aliphatic heterocycles. The number of aryl methyl sites for hydroxylation is 1. The number of primary amides is 1. The number of likely N-dealkylation sites (tertiary alicyclic amines) is 1. The Kier molecular flexibility index (Phi) is 4.88. The first-order valence-corrected chi connectivity index (χ1v) is 8.65. The minimum absolute atomic E-state index is 0.0787. The van der Waals surface area contributed by atoms with Crippen LogP contribution in [0.3, 0.4) is 0 Å². The topological polar surface area (TPSA) is 81.2 Å². The van der Waals surface area contributed by atoms with E-state index in [9.17, 15) is 9.59 Å².